The molecular formula is C18H16ClF3N2O3S. The van der Waals surface area contributed by atoms with Crippen molar-refractivity contribution in [3.8, 4) is 0 Å². The highest BCUT2D eigenvalue weighted by Gasteiger charge is 2.32. The number of nitrogens with one attached hydrogen (secondary N) is 1. The summed E-state index contributed by atoms with van der Waals surface area (Å²) in [4.78, 5) is 12.8. The highest BCUT2D eigenvalue weighted by molar-refractivity contribution is 7.89. The summed E-state index contributed by atoms with van der Waals surface area (Å²) in [6, 6.07) is 8.83. The van der Waals surface area contributed by atoms with Crippen molar-refractivity contribution in [2.45, 2.75) is 30.5 Å². The molecule has 1 amide bonds. The Hall–Kier alpha value is -2.10. The van der Waals surface area contributed by atoms with E-state index in [2.05, 4.69) is 4.72 Å². The van der Waals surface area contributed by atoms with Crippen molar-refractivity contribution in [1.82, 2.24) is 4.72 Å². The van der Waals surface area contributed by atoms with E-state index in [0.29, 0.717) is 24.6 Å². The average Bonchev–Trinajstić information content (AvgIpc) is 3.06. The molecule has 10 heteroatoms. The fourth-order valence-corrected chi connectivity index (χ4v) is 4.40. The molecule has 0 aliphatic carbocycles. The second-order valence-corrected chi connectivity index (χ2v) is 8.43. The van der Waals surface area contributed by atoms with Gasteiger partial charge in [-0.15, -0.1) is 0 Å². The van der Waals surface area contributed by atoms with Crippen LogP contribution in [-0.4, -0.2) is 20.9 Å². The topological polar surface area (TPSA) is 66.5 Å². The van der Waals surface area contributed by atoms with Gasteiger partial charge in [0.1, 0.15) is 4.90 Å². The third-order valence-corrected chi connectivity index (χ3v) is 6.22. The predicted molar refractivity (Wildman–Crippen MR) is 98.5 cm³/mol. The van der Waals surface area contributed by atoms with E-state index in [1.165, 1.54) is 0 Å². The molecule has 1 N–H and O–H groups in total. The number of hydrogen-bond donors (Lipinski definition) is 1. The Balaban J connectivity index is 1.74. The molecule has 1 saturated heterocycles. The van der Waals surface area contributed by atoms with Gasteiger partial charge in [0.15, 0.2) is 0 Å². The Bertz CT molecular complexity index is 992. The quantitative estimate of drug-likeness (QED) is 0.777. The number of halogens is 4. The van der Waals surface area contributed by atoms with Crippen molar-refractivity contribution in [2.24, 2.45) is 0 Å². The number of hydrogen-bond acceptors (Lipinski definition) is 3. The summed E-state index contributed by atoms with van der Waals surface area (Å²) in [6.45, 7) is 0.502. The molecule has 3 rings (SSSR count). The molecule has 150 valence electrons. The molecular weight excluding hydrogens is 417 g/mol. The first kappa shape index (κ1) is 20.6. The van der Waals surface area contributed by atoms with Gasteiger partial charge in [-0.1, -0.05) is 23.7 Å². The van der Waals surface area contributed by atoms with Crippen LogP contribution in [0.4, 0.5) is 18.9 Å². The first-order valence-electron chi connectivity index (χ1n) is 8.34. The van der Waals surface area contributed by atoms with Gasteiger partial charge in [0.2, 0.25) is 15.9 Å². The van der Waals surface area contributed by atoms with Gasteiger partial charge >= 0.3 is 6.18 Å². The first-order chi connectivity index (χ1) is 13.1. The molecule has 0 atom stereocenters. The van der Waals surface area contributed by atoms with Crippen molar-refractivity contribution in [1.29, 1.82) is 0 Å². The van der Waals surface area contributed by atoms with Gasteiger partial charge in [0.25, 0.3) is 0 Å². The van der Waals surface area contributed by atoms with E-state index in [9.17, 15) is 26.4 Å². The summed E-state index contributed by atoms with van der Waals surface area (Å²) in [5, 5.41) is -0.302. The molecule has 0 spiro atoms. The van der Waals surface area contributed by atoms with Crippen LogP contribution in [0.2, 0.25) is 5.02 Å². The van der Waals surface area contributed by atoms with E-state index in [1.54, 1.807) is 29.2 Å². The second kappa shape index (κ2) is 7.73. The first-order valence-corrected chi connectivity index (χ1v) is 10.2. The highest BCUT2D eigenvalue weighted by Crippen LogP contribution is 2.33. The van der Waals surface area contributed by atoms with E-state index in [-0.39, 0.29) is 17.5 Å². The molecule has 0 unspecified atom stereocenters. The molecule has 1 aliphatic heterocycles. The fourth-order valence-electron chi connectivity index (χ4n) is 2.86. The van der Waals surface area contributed by atoms with E-state index < -0.39 is 26.7 Å². The van der Waals surface area contributed by atoms with Crippen molar-refractivity contribution < 1.29 is 26.4 Å². The minimum atomic E-state index is -4.68. The Morgan fingerprint density at radius 1 is 1.11 bits per heavy atom. The molecule has 2 aromatic rings. The molecule has 1 heterocycles. The van der Waals surface area contributed by atoms with Crippen molar-refractivity contribution in [3.63, 3.8) is 0 Å². The number of carbonyl (C=O) groups is 1. The summed E-state index contributed by atoms with van der Waals surface area (Å²) in [5.41, 5.74) is 0.203. The lowest BCUT2D eigenvalue weighted by Gasteiger charge is -2.16. The highest BCUT2D eigenvalue weighted by atomic mass is 35.5. The standard InChI is InChI=1S/C18H16ClF3N2O3S/c19-15-8-5-13(18(20,21)22)10-16(15)28(26,27)23-11-12-3-6-14(7-4-12)24-9-1-2-17(24)25/h3-8,10,23H,1-2,9,11H2. The van der Waals surface area contributed by atoms with E-state index in [4.69, 9.17) is 11.6 Å². The lowest BCUT2D eigenvalue weighted by molar-refractivity contribution is -0.137. The Morgan fingerprint density at radius 3 is 2.36 bits per heavy atom. The molecule has 1 aliphatic rings. The zero-order valence-electron chi connectivity index (χ0n) is 14.5. The number of sulfonamides is 1. The van der Waals surface area contributed by atoms with Crippen LogP contribution in [0, 0.1) is 0 Å². The number of benzene rings is 2. The lowest BCUT2D eigenvalue weighted by Crippen LogP contribution is -2.25. The fraction of sp³-hybridized carbons (Fsp3) is 0.278. The van der Waals surface area contributed by atoms with Crippen LogP contribution in [0.1, 0.15) is 24.0 Å². The van der Waals surface area contributed by atoms with Crippen LogP contribution in [0.25, 0.3) is 0 Å². The van der Waals surface area contributed by atoms with Crippen LogP contribution in [0.15, 0.2) is 47.4 Å². The molecule has 0 radical (unpaired) electrons. The second-order valence-electron chi connectivity index (χ2n) is 6.28. The Kier molecular flexibility index (Phi) is 5.69. The third kappa shape index (κ3) is 4.48. The Morgan fingerprint density at radius 2 is 1.79 bits per heavy atom. The van der Waals surface area contributed by atoms with Gasteiger partial charge in [-0.05, 0) is 42.3 Å². The summed E-state index contributed by atoms with van der Waals surface area (Å²) in [7, 11) is -4.25. The largest absolute Gasteiger partial charge is 0.416 e. The number of rotatable bonds is 5. The minimum Gasteiger partial charge on any atom is -0.312 e. The summed E-state index contributed by atoms with van der Waals surface area (Å²) in [5.74, 6) is 0.0349. The maximum Gasteiger partial charge on any atom is 0.416 e. The number of anilines is 1. The van der Waals surface area contributed by atoms with Crippen LogP contribution < -0.4 is 9.62 Å². The van der Waals surface area contributed by atoms with Gasteiger partial charge in [-0.25, -0.2) is 13.1 Å². The summed E-state index contributed by atoms with van der Waals surface area (Å²) in [6.07, 6.45) is -3.39. The zero-order valence-corrected chi connectivity index (χ0v) is 16.0. The maximum absolute atomic E-state index is 12.8. The van der Waals surface area contributed by atoms with E-state index in [1.807, 2.05) is 0 Å². The van der Waals surface area contributed by atoms with Gasteiger partial charge in [-0.2, -0.15) is 13.2 Å². The number of carbonyl (C=O) groups excluding carboxylic acids is 1. The van der Waals surface area contributed by atoms with Gasteiger partial charge < -0.3 is 4.90 Å². The molecule has 1 fully saturated rings. The van der Waals surface area contributed by atoms with Gasteiger partial charge in [0.05, 0.1) is 10.6 Å². The smallest absolute Gasteiger partial charge is 0.312 e. The van der Waals surface area contributed by atoms with Gasteiger partial charge in [0, 0.05) is 25.2 Å². The summed E-state index contributed by atoms with van der Waals surface area (Å²) >= 11 is 5.80. The van der Waals surface area contributed by atoms with Crippen LogP contribution in [-0.2, 0) is 27.5 Å². The molecule has 5 nitrogen and oxygen atoms in total. The monoisotopic (exact) mass is 432 g/mol. The SMILES string of the molecule is O=C1CCCN1c1ccc(CNS(=O)(=O)c2cc(C(F)(F)F)ccc2Cl)cc1. The molecule has 28 heavy (non-hydrogen) atoms. The van der Waals surface area contributed by atoms with Crippen LogP contribution >= 0.6 is 11.6 Å². The third-order valence-electron chi connectivity index (χ3n) is 4.34. The van der Waals surface area contributed by atoms with Gasteiger partial charge in [-0.3, -0.25) is 4.79 Å². The zero-order chi connectivity index (χ0) is 20.5. The normalized spacial score (nSPS) is 15.3. The molecule has 0 saturated carbocycles. The van der Waals surface area contributed by atoms with Crippen LogP contribution in [0.5, 0.6) is 0 Å². The van der Waals surface area contributed by atoms with E-state index >= 15 is 0 Å². The lowest BCUT2D eigenvalue weighted by atomic mass is 10.2. The number of nitrogens with zero attached hydrogens (tertiary/aromatic N) is 1. The van der Waals surface area contributed by atoms with Crippen molar-refractivity contribution in [2.75, 3.05) is 11.4 Å². The predicted octanol–water partition coefficient (Wildman–Crippen LogP) is 3.96. The molecule has 0 aromatic heterocycles. The van der Waals surface area contributed by atoms with Crippen molar-refractivity contribution >= 4 is 33.2 Å². The Labute approximate surface area is 165 Å². The average molecular weight is 433 g/mol. The molecule has 0 bridgehead atoms. The van der Waals surface area contributed by atoms with Crippen LogP contribution in [0.3, 0.4) is 0 Å². The number of amides is 1. The molecule has 2 aromatic carbocycles. The van der Waals surface area contributed by atoms with Crippen molar-refractivity contribution in [3.05, 3.63) is 58.6 Å². The maximum atomic E-state index is 12.8. The van der Waals surface area contributed by atoms with E-state index in [0.717, 1.165) is 24.2 Å². The number of alkyl halides is 3. The minimum absolute atomic E-state index is 0.0349. The summed E-state index contributed by atoms with van der Waals surface area (Å²) < 4.78 is 65.6.